The van der Waals surface area contributed by atoms with Crippen molar-refractivity contribution in [2.24, 2.45) is 12.0 Å². The van der Waals surface area contributed by atoms with E-state index in [1.807, 2.05) is 54.9 Å². The molecule has 2 aromatic heterocycles. The number of imidazole rings is 1. The summed E-state index contributed by atoms with van der Waals surface area (Å²) in [6, 6.07) is 10.9. The van der Waals surface area contributed by atoms with E-state index in [4.69, 9.17) is 14.2 Å². The number of nitrogens with one attached hydrogen (secondary N) is 1. The molecule has 34 heavy (non-hydrogen) atoms. The molecule has 0 saturated carbocycles. The molecule has 0 aliphatic carbocycles. The second-order valence-electron chi connectivity index (χ2n) is 7.78. The van der Waals surface area contributed by atoms with Gasteiger partial charge in [0.25, 0.3) is 0 Å². The zero-order valence-corrected chi connectivity index (χ0v) is 18.8. The Bertz CT molecular complexity index is 1410. The summed E-state index contributed by atoms with van der Waals surface area (Å²) in [6.45, 7) is 2.08. The molecule has 3 heterocycles. The number of aliphatic imine (C=N–C) groups is 1. The van der Waals surface area contributed by atoms with Crippen molar-refractivity contribution in [3.8, 4) is 11.5 Å². The second kappa shape index (κ2) is 8.81. The fourth-order valence-electron chi connectivity index (χ4n) is 3.65. The molecule has 0 fully saturated rings. The van der Waals surface area contributed by atoms with Gasteiger partial charge in [0, 0.05) is 25.0 Å². The van der Waals surface area contributed by atoms with Crippen LogP contribution in [0.5, 0.6) is 11.5 Å². The molecule has 1 atom stereocenters. The molecule has 0 bridgehead atoms. The van der Waals surface area contributed by atoms with E-state index < -0.39 is 12.0 Å². The Balaban J connectivity index is 1.35. The van der Waals surface area contributed by atoms with Crippen molar-refractivity contribution in [2.45, 2.75) is 13.0 Å². The number of rotatable bonds is 6. The first-order chi connectivity index (χ1) is 16.5. The maximum absolute atomic E-state index is 11.8. The average Bonchev–Trinajstić information content (AvgIpc) is 3.48. The lowest BCUT2D eigenvalue weighted by atomic mass is 10.2. The molecule has 0 radical (unpaired) electrons. The quantitative estimate of drug-likeness (QED) is 0.437. The minimum atomic E-state index is -0.697. The van der Waals surface area contributed by atoms with Gasteiger partial charge < -0.3 is 24.1 Å². The third-order valence-electron chi connectivity index (χ3n) is 5.43. The first-order valence-corrected chi connectivity index (χ1v) is 10.6. The van der Waals surface area contributed by atoms with Gasteiger partial charge in [0.2, 0.25) is 5.90 Å². The zero-order chi connectivity index (χ0) is 23.7. The number of ether oxygens (including phenoxy) is 3. The molecule has 1 aliphatic rings. The van der Waals surface area contributed by atoms with Gasteiger partial charge in [0.1, 0.15) is 30.3 Å². The number of hydrogen-bond donors (Lipinski definition) is 1. The molecule has 1 unspecified atom stereocenters. The van der Waals surface area contributed by atoms with Crippen LogP contribution in [0.25, 0.3) is 11.0 Å². The van der Waals surface area contributed by atoms with Gasteiger partial charge in [-0.05, 0) is 42.8 Å². The van der Waals surface area contributed by atoms with Crippen LogP contribution in [0.2, 0.25) is 0 Å². The predicted molar refractivity (Wildman–Crippen MR) is 126 cm³/mol. The van der Waals surface area contributed by atoms with Crippen molar-refractivity contribution in [1.29, 1.82) is 0 Å². The molecule has 10 nitrogen and oxygen atoms in total. The van der Waals surface area contributed by atoms with Gasteiger partial charge in [-0.1, -0.05) is 0 Å². The van der Waals surface area contributed by atoms with Gasteiger partial charge in [-0.2, -0.15) is 0 Å². The van der Waals surface area contributed by atoms with Crippen LogP contribution in [0.1, 0.15) is 11.1 Å². The molecular weight excluding hydrogens is 436 g/mol. The van der Waals surface area contributed by atoms with Crippen LogP contribution >= 0.6 is 0 Å². The Labute approximate surface area is 195 Å². The van der Waals surface area contributed by atoms with E-state index in [0.717, 1.165) is 28.0 Å². The highest BCUT2D eigenvalue weighted by Crippen LogP contribution is 2.30. The SMILES string of the molecule is COC(=O)C1COC(c2cncnc2Nc2ccc(Oc3ccc4c(c3)ncn4C)c(C)c2)=N1. The van der Waals surface area contributed by atoms with Crippen LogP contribution in [0, 0.1) is 6.92 Å². The van der Waals surface area contributed by atoms with Crippen LogP contribution in [0.3, 0.4) is 0 Å². The summed E-state index contributed by atoms with van der Waals surface area (Å²) >= 11 is 0. The third kappa shape index (κ3) is 4.13. The van der Waals surface area contributed by atoms with E-state index in [9.17, 15) is 4.79 Å². The number of aryl methyl sites for hydroxylation is 2. The maximum atomic E-state index is 11.8. The van der Waals surface area contributed by atoms with Crippen molar-refractivity contribution in [3.05, 3.63) is 66.4 Å². The van der Waals surface area contributed by atoms with E-state index in [2.05, 4.69) is 25.3 Å². The lowest BCUT2D eigenvalue weighted by Crippen LogP contribution is -2.21. The van der Waals surface area contributed by atoms with Crippen molar-refractivity contribution in [2.75, 3.05) is 19.0 Å². The highest BCUT2D eigenvalue weighted by Gasteiger charge is 2.29. The number of carbonyl (C=O) groups is 1. The Morgan fingerprint density at radius 2 is 2.09 bits per heavy atom. The summed E-state index contributed by atoms with van der Waals surface area (Å²) < 4.78 is 18.4. The number of anilines is 2. The number of benzene rings is 2. The molecule has 1 aliphatic heterocycles. The fourth-order valence-corrected chi connectivity index (χ4v) is 3.65. The largest absolute Gasteiger partial charge is 0.474 e. The Morgan fingerprint density at radius 1 is 1.21 bits per heavy atom. The average molecular weight is 458 g/mol. The number of aromatic nitrogens is 4. The summed E-state index contributed by atoms with van der Waals surface area (Å²) in [4.78, 5) is 28.8. The van der Waals surface area contributed by atoms with Crippen LogP contribution in [-0.2, 0) is 21.3 Å². The molecule has 2 aromatic carbocycles. The first-order valence-electron chi connectivity index (χ1n) is 10.6. The molecule has 1 N–H and O–H groups in total. The normalized spacial score (nSPS) is 15.0. The molecule has 0 spiro atoms. The molecular formula is C24H22N6O4. The van der Waals surface area contributed by atoms with Crippen molar-refractivity contribution in [1.82, 2.24) is 19.5 Å². The lowest BCUT2D eigenvalue weighted by Gasteiger charge is -2.13. The van der Waals surface area contributed by atoms with E-state index in [-0.39, 0.29) is 6.61 Å². The van der Waals surface area contributed by atoms with E-state index in [1.54, 1.807) is 12.5 Å². The fraction of sp³-hybridized carbons (Fsp3) is 0.208. The Hall–Kier alpha value is -4.47. The minimum Gasteiger partial charge on any atom is -0.474 e. The highest BCUT2D eigenvalue weighted by atomic mass is 16.5. The van der Waals surface area contributed by atoms with Crippen LogP contribution in [-0.4, -0.2) is 51.1 Å². The molecule has 10 heteroatoms. The Kier molecular flexibility index (Phi) is 5.54. The second-order valence-corrected chi connectivity index (χ2v) is 7.78. The zero-order valence-electron chi connectivity index (χ0n) is 18.8. The van der Waals surface area contributed by atoms with Crippen molar-refractivity contribution >= 4 is 34.4 Å². The predicted octanol–water partition coefficient (Wildman–Crippen LogP) is 3.53. The number of hydrogen-bond acceptors (Lipinski definition) is 9. The number of fused-ring (bicyclic) bond motifs is 1. The Morgan fingerprint density at radius 3 is 2.91 bits per heavy atom. The van der Waals surface area contributed by atoms with Crippen LogP contribution in [0.4, 0.5) is 11.5 Å². The van der Waals surface area contributed by atoms with E-state index >= 15 is 0 Å². The van der Waals surface area contributed by atoms with Gasteiger partial charge in [0.15, 0.2) is 6.04 Å². The summed E-state index contributed by atoms with van der Waals surface area (Å²) in [5.41, 5.74) is 4.20. The van der Waals surface area contributed by atoms with Gasteiger partial charge in [-0.25, -0.2) is 24.7 Å². The minimum absolute atomic E-state index is 0.117. The number of esters is 1. The van der Waals surface area contributed by atoms with Gasteiger partial charge >= 0.3 is 5.97 Å². The molecule has 4 aromatic rings. The van der Waals surface area contributed by atoms with Crippen LogP contribution < -0.4 is 10.1 Å². The third-order valence-corrected chi connectivity index (χ3v) is 5.43. The molecule has 172 valence electrons. The van der Waals surface area contributed by atoms with Gasteiger partial charge in [0.05, 0.1) is 30.0 Å². The number of nitrogens with zero attached hydrogens (tertiary/aromatic N) is 5. The lowest BCUT2D eigenvalue weighted by molar-refractivity contribution is -0.142. The molecule has 0 saturated heterocycles. The number of methoxy groups -OCH3 is 1. The monoisotopic (exact) mass is 458 g/mol. The molecule has 5 rings (SSSR count). The van der Waals surface area contributed by atoms with Gasteiger partial charge in [-0.15, -0.1) is 0 Å². The number of carbonyl (C=O) groups excluding carboxylic acids is 1. The smallest absolute Gasteiger partial charge is 0.334 e. The first kappa shape index (κ1) is 21.4. The van der Waals surface area contributed by atoms with Crippen LogP contribution in [0.15, 0.2) is 60.2 Å². The topological polar surface area (TPSA) is 113 Å². The summed E-state index contributed by atoms with van der Waals surface area (Å²) in [6.07, 6.45) is 4.79. The standard InChI is InChI=1S/C24H22N6O4/c1-14-8-15(4-7-21(14)34-16-5-6-20-18(9-16)27-13-30(20)2)28-22-17(10-25-12-26-22)23-29-19(11-33-23)24(31)32-3/h4-10,12-13,19H,11H2,1-3H3,(H,25,26,28). The van der Waals surface area contributed by atoms with Gasteiger partial charge in [-0.3, -0.25) is 0 Å². The van der Waals surface area contributed by atoms with E-state index in [0.29, 0.717) is 23.0 Å². The highest BCUT2D eigenvalue weighted by molar-refractivity contribution is 6.01. The summed E-state index contributed by atoms with van der Waals surface area (Å²) in [5, 5.41) is 3.27. The molecule has 0 amide bonds. The van der Waals surface area contributed by atoms with E-state index in [1.165, 1.54) is 13.4 Å². The summed E-state index contributed by atoms with van der Waals surface area (Å²) in [5.74, 6) is 1.79. The summed E-state index contributed by atoms with van der Waals surface area (Å²) in [7, 11) is 3.28. The van der Waals surface area contributed by atoms with Crippen molar-refractivity contribution in [3.63, 3.8) is 0 Å². The maximum Gasteiger partial charge on any atom is 0.334 e. The van der Waals surface area contributed by atoms with Crippen molar-refractivity contribution < 1.29 is 19.0 Å².